The van der Waals surface area contributed by atoms with Gasteiger partial charge in [0.25, 0.3) is 5.56 Å². The average molecular weight is 441 g/mol. The van der Waals surface area contributed by atoms with Crippen molar-refractivity contribution in [2.24, 2.45) is 21.1 Å². The first-order valence-corrected chi connectivity index (χ1v) is 9.46. The minimum Gasteiger partial charge on any atom is -0.454 e. The van der Waals surface area contributed by atoms with Crippen LogP contribution in [0.2, 0.25) is 0 Å². The Bertz CT molecular complexity index is 1540. The van der Waals surface area contributed by atoms with Crippen LogP contribution < -0.4 is 21.7 Å². The van der Waals surface area contributed by atoms with Crippen LogP contribution >= 0.6 is 0 Å². The van der Waals surface area contributed by atoms with Gasteiger partial charge in [-0.3, -0.25) is 13.9 Å². The molecule has 0 saturated heterocycles. The second-order valence-electron chi connectivity index (χ2n) is 7.35. The molecule has 0 bridgehead atoms. The second-order valence-corrected chi connectivity index (χ2v) is 7.35. The highest BCUT2D eigenvalue weighted by Gasteiger charge is 2.20. The molecule has 166 valence electrons. The number of aryl methyl sites for hydroxylation is 3. The number of halogens is 2. The highest BCUT2D eigenvalue weighted by Crippen LogP contribution is 2.39. The summed E-state index contributed by atoms with van der Waals surface area (Å²) < 4.78 is 37.6. The number of nitrogen functional groups attached to an aromatic ring is 1. The van der Waals surface area contributed by atoms with Gasteiger partial charge in [-0.1, -0.05) is 0 Å². The summed E-state index contributed by atoms with van der Waals surface area (Å²) in [7, 11) is 4.69. The molecule has 0 atom stereocenters. The molecule has 0 unspecified atom stereocenters. The molecule has 0 aliphatic rings. The summed E-state index contributed by atoms with van der Waals surface area (Å²) in [6, 6.07) is 6.08. The molecule has 0 aliphatic heterocycles. The Morgan fingerprint density at radius 3 is 2.28 bits per heavy atom. The zero-order chi connectivity index (χ0) is 23.3. The molecule has 3 N–H and O–H groups in total. The number of hydrogen-bond donors (Lipinski definition) is 2. The van der Waals surface area contributed by atoms with Crippen molar-refractivity contribution < 1.29 is 14.9 Å². The van der Waals surface area contributed by atoms with E-state index < -0.39 is 17.2 Å². The number of fused-ring (bicyclic) bond motifs is 1. The summed E-state index contributed by atoms with van der Waals surface area (Å²) in [5.41, 5.74) is 6.99. The summed E-state index contributed by atoms with van der Waals surface area (Å²) in [4.78, 5) is 24.7. The largest absolute Gasteiger partial charge is 0.454 e. The molecule has 8 nitrogen and oxygen atoms in total. The van der Waals surface area contributed by atoms with E-state index in [9.17, 15) is 18.4 Å². The lowest BCUT2D eigenvalue weighted by Gasteiger charge is -2.16. The van der Waals surface area contributed by atoms with Gasteiger partial charge in [0.2, 0.25) is 0 Å². The van der Waals surface area contributed by atoms with E-state index in [1.807, 2.05) is 0 Å². The first-order chi connectivity index (χ1) is 15.1. The zero-order valence-electron chi connectivity index (χ0n) is 17.4. The van der Waals surface area contributed by atoms with Crippen molar-refractivity contribution in [1.29, 1.82) is 5.41 Å². The van der Waals surface area contributed by atoms with Gasteiger partial charge in [-0.15, -0.1) is 0 Å². The van der Waals surface area contributed by atoms with E-state index in [2.05, 4.69) is 0 Å². The maximum Gasteiger partial charge on any atom is 0.328 e. The Labute approximate surface area is 181 Å². The Morgan fingerprint density at radius 2 is 1.66 bits per heavy atom. The van der Waals surface area contributed by atoms with Gasteiger partial charge in [0.05, 0.1) is 11.0 Å². The van der Waals surface area contributed by atoms with Gasteiger partial charge in [0, 0.05) is 63.8 Å². The van der Waals surface area contributed by atoms with Crippen LogP contribution in [0, 0.1) is 17.0 Å². The van der Waals surface area contributed by atoms with Gasteiger partial charge in [0.1, 0.15) is 17.3 Å². The molecule has 0 spiro atoms. The normalized spacial score (nSPS) is 11.2. The third kappa shape index (κ3) is 3.16. The van der Waals surface area contributed by atoms with E-state index in [0.29, 0.717) is 28.2 Å². The Balaban J connectivity index is 0.00000306. The molecule has 4 rings (SSSR count). The number of ether oxygens (including phenoxy) is 1. The number of aromatic nitrogens is 3. The zero-order valence-corrected chi connectivity index (χ0v) is 17.4. The monoisotopic (exact) mass is 441 g/mol. The van der Waals surface area contributed by atoms with Crippen molar-refractivity contribution in [3.63, 3.8) is 0 Å². The average Bonchev–Trinajstić information content (AvgIpc) is 2.97. The molecule has 0 radical (unpaired) electrons. The summed E-state index contributed by atoms with van der Waals surface area (Å²) in [6.45, 7) is 0. The number of pyridine rings is 1. The molecule has 0 aliphatic carbocycles. The van der Waals surface area contributed by atoms with Crippen LogP contribution in [0.3, 0.4) is 0 Å². The van der Waals surface area contributed by atoms with Crippen LogP contribution in [0.25, 0.3) is 22.2 Å². The Morgan fingerprint density at radius 1 is 1.00 bits per heavy atom. The standard InChI is InChI=1S/C22H19F2N5O3.H2/c1-27-10-14(13(9-25)20(26)21(27)30)12-7-16-17(29(3)22(31)28(16)2)8-19(12)32-18-5-4-11(23)6-15(18)24;/h4-10,25H,26H2,1-3H3;1H. The maximum atomic E-state index is 14.3. The smallest absolute Gasteiger partial charge is 0.328 e. The van der Waals surface area contributed by atoms with E-state index >= 15 is 0 Å². The van der Waals surface area contributed by atoms with Gasteiger partial charge in [-0.2, -0.15) is 0 Å². The second kappa shape index (κ2) is 7.49. The molecule has 2 heterocycles. The quantitative estimate of drug-likeness (QED) is 0.474. The highest BCUT2D eigenvalue weighted by molar-refractivity contribution is 5.98. The fourth-order valence-corrected chi connectivity index (χ4v) is 3.64. The van der Waals surface area contributed by atoms with Crippen molar-refractivity contribution in [2.75, 3.05) is 5.73 Å². The fourth-order valence-electron chi connectivity index (χ4n) is 3.64. The number of imidazole rings is 1. The predicted octanol–water partition coefficient (Wildman–Crippen LogP) is 3.14. The van der Waals surface area contributed by atoms with Crippen LogP contribution in [0.1, 0.15) is 6.99 Å². The number of benzene rings is 2. The van der Waals surface area contributed by atoms with Crippen molar-refractivity contribution >= 4 is 22.9 Å². The molecular weight excluding hydrogens is 420 g/mol. The van der Waals surface area contributed by atoms with E-state index in [4.69, 9.17) is 15.9 Å². The molecule has 4 aromatic rings. The van der Waals surface area contributed by atoms with E-state index in [0.717, 1.165) is 18.3 Å². The highest BCUT2D eigenvalue weighted by atomic mass is 19.1. The lowest BCUT2D eigenvalue weighted by molar-refractivity contribution is 0.439. The van der Waals surface area contributed by atoms with Crippen LogP contribution in [-0.4, -0.2) is 19.9 Å². The first kappa shape index (κ1) is 21.0. The predicted molar refractivity (Wildman–Crippen MR) is 120 cm³/mol. The van der Waals surface area contributed by atoms with Crippen LogP contribution in [0.5, 0.6) is 11.5 Å². The van der Waals surface area contributed by atoms with Crippen molar-refractivity contribution in [3.8, 4) is 22.6 Å². The van der Waals surface area contributed by atoms with Gasteiger partial charge < -0.3 is 20.4 Å². The van der Waals surface area contributed by atoms with E-state index in [1.54, 1.807) is 26.2 Å². The number of rotatable bonds is 4. The third-order valence-corrected chi connectivity index (χ3v) is 5.38. The minimum absolute atomic E-state index is 0. The molecular formula is C22H21F2N5O3. The van der Waals surface area contributed by atoms with E-state index in [-0.39, 0.29) is 29.9 Å². The number of nitrogens with zero attached hydrogens (tertiary/aromatic N) is 3. The summed E-state index contributed by atoms with van der Waals surface area (Å²) in [5, 5.41) is 7.78. The molecule has 2 aromatic carbocycles. The topological polar surface area (TPSA) is 108 Å². The molecule has 0 saturated carbocycles. The Hall–Kier alpha value is -4.21. The summed E-state index contributed by atoms with van der Waals surface area (Å²) in [5.74, 6) is -1.77. The van der Waals surface area contributed by atoms with Gasteiger partial charge in [-0.05, 0) is 18.2 Å². The fraction of sp³-hybridized carbons (Fsp3) is 0.136. The lowest BCUT2D eigenvalue weighted by atomic mass is 9.99. The van der Waals surface area contributed by atoms with Gasteiger partial charge in [0.15, 0.2) is 11.6 Å². The van der Waals surface area contributed by atoms with Gasteiger partial charge >= 0.3 is 5.69 Å². The maximum absolute atomic E-state index is 14.3. The Kier molecular flexibility index (Phi) is 4.92. The summed E-state index contributed by atoms with van der Waals surface area (Å²) >= 11 is 0. The molecule has 0 fully saturated rings. The first-order valence-electron chi connectivity index (χ1n) is 9.46. The molecule has 2 aromatic heterocycles. The van der Waals surface area contributed by atoms with Crippen LogP contribution in [0.15, 0.2) is 46.1 Å². The van der Waals surface area contributed by atoms with Crippen LogP contribution in [0.4, 0.5) is 14.5 Å². The molecule has 10 heteroatoms. The third-order valence-electron chi connectivity index (χ3n) is 5.38. The van der Waals surface area contributed by atoms with Gasteiger partial charge in [-0.25, -0.2) is 13.6 Å². The number of nitrogens with two attached hydrogens (primary N) is 1. The summed E-state index contributed by atoms with van der Waals surface area (Å²) in [6.07, 6.45) is 2.43. The SMILES string of the molecule is Cn1cc(-c2cc3c(cc2Oc2ccc(F)cc2F)n(C)c(=O)n3C)c(C=N)c(N)c1=O.[HH]. The van der Waals surface area contributed by atoms with Crippen LogP contribution in [-0.2, 0) is 21.1 Å². The van der Waals surface area contributed by atoms with E-state index in [1.165, 1.54) is 26.9 Å². The molecule has 32 heavy (non-hydrogen) atoms. The molecule has 0 amide bonds. The lowest BCUT2D eigenvalue weighted by Crippen LogP contribution is -2.22. The van der Waals surface area contributed by atoms with Crippen molar-refractivity contribution in [1.82, 2.24) is 13.7 Å². The minimum atomic E-state index is -0.912. The number of hydrogen-bond acceptors (Lipinski definition) is 5. The van der Waals surface area contributed by atoms with Crippen molar-refractivity contribution in [3.05, 3.63) is 74.6 Å². The number of nitrogens with one attached hydrogen (secondary N) is 1. The van der Waals surface area contributed by atoms with Crippen molar-refractivity contribution in [2.45, 2.75) is 0 Å². The number of anilines is 1.